The van der Waals surface area contributed by atoms with Crippen molar-refractivity contribution in [2.45, 2.75) is 32.7 Å². The maximum absolute atomic E-state index is 11.2. The Hall–Kier alpha value is -1.82. The third kappa shape index (κ3) is 4.10. The largest absolute Gasteiger partial charge is 0.487 e. The second kappa shape index (κ2) is 6.38. The molecule has 0 amide bonds. The van der Waals surface area contributed by atoms with Crippen molar-refractivity contribution in [3.05, 3.63) is 28.3 Å². The first kappa shape index (κ1) is 15.2. The summed E-state index contributed by atoms with van der Waals surface area (Å²) in [6.45, 7) is 5.91. The first-order valence-electron chi connectivity index (χ1n) is 6.20. The Kier molecular flexibility index (Phi) is 5.11. The summed E-state index contributed by atoms with van der Waals surface area (Å²) in [4.78, 5) is 10.7. The van der Waals surface area contributed by atoms with E-state index in [1.165, 1.54) is 0 Å². The van der Waals surface area contributed by atoms with Gasteiger partial charge < -0.3 is 15.2 Å². The van der Waals surface area contributed by atoms with Crippen molar-refractivity contribution in [2.75, 3.05) is 18.5 Å². The Balaban J connectivity index is 3.13. The van der Waals surface area contributed by atoms with E-state index in [0.717, 1.165) is 0 Å². The van der Waals surface area contributed by atoms with Gasteiger partial charge in [0.2, 0.25) is 0 Å². The Labute approximate surface area is 112 Å². The third-order valence-corrected chi connectivity index (χ3v) is 2.69. The summed E-state index contributed by atoms with van der Waals surface area (Å²) in [6.07, 6.45) is 0.489. The Morgan fingerprint density at radius 1 is 1.47 bits per heavy atom. The van der Waals surface area contributed by atoms with Gasteiger partial charge >= 0.3 is 5.69 Å². The summed E-state index contributed by atoms with van der Waals surface area (Å²) in [5.74, 6) is 0.247. The van der Waals surface area contributed by atoms with Crippen LogP contribution in [0.25, 0.3) is 0 Å². The fraction of sp³-hybridized carbons (Fsp3) is 0.538. The van der Waals surface area contributed by atoms with Gasteiger partial charge in [-0.3, -0.25) is 10.1 Å². The molecule has 0 saturated heterocycles. The van der Waals surface area contributed by atoms with Crippen LogP contribution in [0, 0.1) is 10.1 Å². The maximum atomic E-state index is 11.2. The van der Waals surface area contributed by atoms with Crippen molar-refractivity contribution in [1.29, 1.82) is 0 Å². The van der Waals surface area contributed by atoms with Crippen molar-refractivity contribution in [3.8, 4) is 5.75 Å². The minimum Gasteiger partial charge on any atom is -0.487 e. The van der Waals surface area contributed by atoms with Crippen LogP contribution >= 0.6 is 0 Å². The number of rotatable bonds is 7. The molecule has 0 unspecified atom stereocenters. The van der Waals surface area contributed by atoms with E-state index in [-0.39, 0.29) is 18.0 Å². The number of benzene rings is 1. The summed E-state index contributed by atoms with van der Waals surface area (Å²) >= 11 is 0. The number of aliphatic hydroxyl groups excluding tert-OH is 1. The van der Waals surface area contributed by atoms with Crippen LogP contribution in [0.2, 0.25) is 0 Å². The van der Waals surface area contributed by atoms with Gasteiger partial charge in [0.05, 0.1) is 11.5 Å². The van der Waals surface area contributed by atoms with Gasteiger partial charge in [0.15, 0.2) is 5.75 Å². The van der Waals surface area contributed by atoms with Crippen LogP contribution in [0.1, 0.15) is 27.2 Å². The molecule has 0 saturated carbocycles. The van der Waals surface area contributed by atoms with E-state index in [1.807, 2.05) is 13.8 Å². The van der Waals surface area contributed by atoms with Crippen molar-refractivity contribution in [1.82, 2.24) is 0 Å². The van der Waals surface area contributed by atoms with Crippen molar-refractivity contribution in [3.63, 3.8) is 0 Å². The minimum atomic E-state index is -0.456. The molecule has 1 aromatic rings. The lowest BCUT2D eigenvalue weighted by atomic mass is 10.0. The minimum absolute atomic E-state index is 0.0128. The molecule has 0 aliphatic carbocycles. The summed E-state index contributed by atoms with van der Waals surface area (Å²) in [6, 6.07) is 4.92. The molecule has 6 nitrogen and oxygen atoms in total. The molecule has 0 spiro atoms. The Bertz CT molecular complexity index is 446. The summed E-state index contributed by atoms with van der Waals surface area (Å²) in [5, 5.41) is 23.3. The number of ether oxygens (including phenoxy) is 1. The molecule has 0 aromatic heterocycles. The molecular formula is C13H20N2O4. The molecule has 0 aliphatic rings. The zero-order valence-corrected chi connectivity index (χ0v) is 11.5. The normalized spacial score (nSPS) is 11.2. The third-order valence-electron chi connectivity index (χ3n) is 2.69. The van der Waals surface area contributed by atoms with Crippen LogP contribution < -0.4 is 10.1 Å². The molecule has 0 fully saturated rings. The molecule has 2 N–H and O–H groups in total. The molecule has 0 radical (unpaired) electrons. The molecule has 0 heterocycles. The molecule has 19 heavy (non-hydrogen) atoms. The second-order valence-electron chi connectivity index (χ2n) is 4.82. The van der Waals surface area contributed by atoms with Crippen molar-refractivity contribution in [2.24, 2.45) is 0 Å². The highest BCUT2D eigenvalue weighted by molar-refractivity contribution is 5.69. The fourth-order valence-electron chi connectivity index (χ4n) is 1.79. The average molecular weight is 268 g/mol. The van der Waals surface area contributed by atoms with Gasteiger partial charge in [-0.25, -0.2) is 0 Å². The zero-order chi connectivity index (χ0) is 14.5. The van der Waals surface area contributed by atoms with Gasteiger partial charge in [-0.1, -0.05) is 6.07 Å². The summed E-state index contributed by atoms with van der Waals surface area (Å²) < 4.78 is 5.28. The van der Waals surface area contributed by atoms with Gasteiger partial charge in [0.1, 0.15) is 5.69 Å². The average Bonchev–Trinajstić information content (AvgIpc) is 2.28. The highest BCUT2D eigenvalue weighted by Crippen LogP contribution is 2.36. The van der Waals surface area contributed by atoms with Crippen LogP contribution in [0.5, 0.6) is 5.75 Å². The number of nitro groups is 1. The van der Waals surface area contributed by atoms with E-state index in [1.54, 1.807) is 25.1 Å². The molecule has 0 atom stereocenters. The summed E-state index contributed by atoms with van der Waals surface area (Å²) in [7, 11) is 0. The van der Waals surface area contributed by atoms with E-state index in [4.69, 9.17) is 9.84 Å². The van der Waals surface area contributed by atoms with Gasteiger partial charge in [0, 0.05) is 12.1 Å². The molecule has 0 bridgehead atoms. The van der Waals surface area contributed by atoms with Crippen LogP contribution in [0.15, 0.2) is 18.2 Å². The molecule has 1 rings (SSSR count). The predicted octanol–water partition coefficient (Wildman–Crippen LogP) is 2.57. The second-order valence-corrected chi connectivity index (χ2v) is 4.82. The number of anilines is 1. The van der Waals surface area contributed by atoms with Gasteiger partial charge in [-0.2, -0.15) is 0 Å². The number of aliphatic hydroxyl groups is 1. The Morgan fingerprint density at radius 2 is 2.16 bits per heavy atom. The molecule has 0 aliphatic heterocycles. The van der Waals surface area contributed by atoms with Gasteiger partial charge in [-0.05, 0) is 39.3 Å². The van der Waals surface area contributed by atoms with Crippen LogP contribution in [0.3, 0.4) is 0 Å². The number of nitrogens with one attached hydrogen (secondary N) is 1. The van der Waals surface area contributed by atoms with Crippen molar-refractivity contribution >= 4 is 11.4 Å². The van der Waals surface area contributed by atoms with E-state index < -0.39 is 10.5 Å². The SMILES string of the molecule is CCOc1cccc(NC(C)(C)CCO)c1[N+](=O)[O-]. The number of nitrogens with zero attached hydrogens (tertiary/aromatic N) is 1. The number of hydrogen-bond acceptors (Lipinski definition) is 5. The first-order valence-corrected chi connectivity index (χ1v) is 6.20. The lowest BCUT2D eigenvalue weighted by Crippen LogP contribution is -2.32. The molecule has 6 heteroatoms. The van der Waals surface area contributed by atoms with E-state index in [9.17, 15) is 10.1 Å². The van der Waals surface area contributed by atoms with Crippen molar-refractivity contribution < 1.29 is 14.8 Å². The number of hydrogen-bond donors (Lipinski definition) is 2. The van der Waals surface area contributed by atoms with Crippen LogP contribution in [0.4, 0.5) is 11.4 Å². The highest BCUT2D eigenvalue weighted by Gasteiger charge is 2.25. The zero-order valence-electron chi connectivity index (χ0n) is 11.5. The molecule has 1 aromatic carbocycles. The quantitative estimate of drug-likeness (QED) is 0.586. The number of nitro benzene ring substituents is 1. The van der Waals surface area contributed by atoms with E-state index in [2.05, 4.69) is 5.32 Å². The van der Waals surface area contributed by atoms with Crippen LogP contribution in [-0.2, 0) is 0 Å². The smallest absolute Gasteiger partial charge is 0.333 e. The first-order chi connectivity index (χ1) is 8.91. The lowest BCUT2D eigenvalue weighted by molar-refractivity contribution is -0.385. The topological polar surface area (TPSA) is 84.6 Å². The standard InChI is InChI=1S/C13H20N2O4/c1-4-19-11-7-5-6-10(12(11)15(17)18)14-13(2,3)8-9-16/h5-7,14,16H,4,8-9H2,1-3H3. The van der Waals surface area contributed by atoms with E-state index >= 15 is 0 Å². The maximum Gasteiger partial charge on any atom is 0.333 e. The molecular weight excluding hydrogens is 248 g/mol. The van der Waals surface area contributed by atoms with Crippen LogP contribution in [-0.4, -0.2) is 28.8 Å². The Morgan fingerprint density at radius 3 is 2.68 bits per heavy atom. The highest BCUT2D eigenvalue weighted by atomic mass is 16.6. The monoisotopic (exact) mass is 268 g/mol. The predicted molar refractivity (Wildman–Crippen MR) is 73.7 cm³/mol. The van der Waals surface area contributed by atoms with E-state index in [0.29, 0.717) is 18.7 Å². The van der Waals surface area contributed by atoms with Gasteiger partial charge in [-0.15, -0.1) is 0 Å². The summed E-state index contributed by atoms with van der Waals surface area (Å²) in [5.41, 5.74) is -0.116. The lowest BCUT2D eigenvalue weighted by Gasteiger charge is -2.26. The van der Waals surface area contributed by atoms with Gasteiger partial charge in [0.25, 0.3) is 0 Å². The molecule has 106 valence electrons. The number of para-hydroxylation sites is 1. The fourth-order valence-corrected chi connectivity index (χ4v) is 1.79.